The van der Waals surface area contributed by atoms with E-state index in [0.717, 1.165) is 24.1 Å². The van der Waals surface area contributed by atoms with Crippen molar-refractivity contribution < 1.29 is 9.59 Å². The van der Waals surface area contributed by atoms with Gasteiger partial charge >= 0.3 is 0 Å². The predicted molar refractivity (Wildman–Crippen MR) is 90.7 cm³/mol. The summed E-state index contributed by atoms with van der Waals surface area (Å²) in [5.74, 6) is 0.255. The molecule has 2 aliphatic rings. The second kappa shape index (κ2) is 6.07. The summed E-state index contributed by atoms with van der Waals surface area (Å²) in [5, 5.41) is 2.98. The lowest BCUT2D eigenvalue weighted by Gasteiger charge is -2.34. The highest BCUT2D eigenvalue weighted by Crippen LogP contribution is 2.41. The van der Waals surface area contributed by atoms with Crippen molar-refractivity contribution >= 4 is 17.5 Å². The van der Waals surface area contributed by atoms with Gasteiger partial charge in [-0.05, 0) is 42.5 Å². The van der Waals surface area contributed by atoms with Crippen molar-refractivity contribution in [2.75, 3.05) is 18.4 Å². The Hall–Kier alpha value is -2.69. The molecule has 1 saturated heterocycles. The zero-order valence-electron chi connectivity index (χ0n) is 13.3. The van der Waals surface area contributed by atoms with Crippen molar-refractivity contribution in [3.63, 3.8) is 0 Å². The van der Waals surface area contributed by atoms with Gasteiger partial charge in [0, 0.05) is 25.0 Å². The standard InChI is InChI=1S/C19H19N3O2/c23-18-17(14-5-1-2-6-15(14)21-18)13-8-11-22(12-9-13)19(24)16-7-3-4-10-20-16/h1-7,10,13,17H,8-9,11-12H2,(H,21,23). The number of rotatable bonds is 2. The lowest BCUT2D eigenvalue weighted by atomic mass is 9.80. The number of para-hydroxylation sites is 1. The smallest absolute Gasteiger partial charge is 0.272 e. The first kappa shape index (κ1) is 14.9. The lowest BCUT2D eigenvalue weighted by molar-refractivity contribution is -0.118. The van der Waals surface area contributed by atoms with Crippen LogP contribution in [0.3, 0.4) is 0 Å². The van der Waals surface area contributed by atoms with Crippen LogP contribution in [0, 0.1) is 5.92 Å². The van der Waals surface area contributed by atoms with Crippen LogP contribution in [0.15, 0.2) is 48.7 Å². The molecule has 1 atom stereocenters. The first-order chi connectivity index (χ1) is 11.7. The SMILES string of the molecule is O=C1Nc2ccccc2C1C1CCN(C(=O)c2ccccn2)CC1. The minimum absolute atomic E-state index is 0.0228. The fourth-order valence-corrected chi connectivity index (χ4v) is 3.79. The number of anilines is 1. The zero-order valence-corrected chi connectivity index (χ0v) is 13.3. The maximum absolute atomic E-state index is 12.5. The Morgan fingerprint density at radius 2 is 1.83 bits per heavy atom. The van der Waals surface area contributed by atoms with E-state index in [-0.39, 0.29) is 23.7 Å². The Labute approximate surface area is 140 Å². The van der Waals surface area contributed by atoms with E-state index in [0.29, 0.717) is 18.8 Å². The molecular formula is C19H19N3O2. The molecule has 1 aromatic heterocycles. The number of aromatic nitrogens is 1. The van der Waals surface area contributed by atoms with Crippen LogP contribution in [0.4, 0.5) is 5.69 Å². The molecule has 1 aromatic carbocycles. The van der Waals surface area contributed by atoms with Crippen LogP contribution in [0.25, 0.3) is 0 Å². The molecule has 24 heavy (non-hydrogen) atoms. The number of nitrogens with one attached hydrogen (secondary N) is 1. The minimum Gasteiger partial charge on any atom is -0.337 e. The van der Waals surface area contributed by atoms with Crippen molar-refractivity contribution in [1.82, 2.24) is 9.88 Å². The van der Waals surface area contributed by atoms with Crippen molar-refractivity contribution in [3.05, 3.63) is 59.9 Å². The number of carbonyl (C=O) groups is 2. The van der Waals surface area contributed by atoms with Crippen molar-refractivity contribution in [1.29, 1.82) is 0 Å². The number of likely N-dealkylation sites (tertiary alicyclic amines) is 1. The molecule has 1 N–H and O–H groups in total. The minimum atomic E-state index is -0.0895. The van der Waals surface area contributed by atoms with Crippen LogP contribution in [0.2, 0.25) is 0 Å². The molecule has 0 saturated carbocycles. The van der Waals surface area contributed by atoms with Crippen LogP contribution in [-0.2, 0) is 4.79 Å². The van der Waals surface area contributed by atoms with Gasteiger partial charge in [0.05, 0.1) is 5.92 Å². The highest BCUT2D eigenvalue weighted by molar-refractivity contribution is 6.03. The fraction of sp³-hybridized carbons (Fsp3) is 0.316. The van der Waals surface area contributed by atoms with Gasteiger partial charge in [-0.15, -0.1) is 0 Å². The van der Waals surface area contributed by atoms with Gasteiger partial charge in [0.1, 0.15) is 5.69 Å². The summed E-state index contributed by atoms with van der Waals surface area (Å²) in [4.78, 5) is 30.8. The molecule has 0 bridgehead atoms. The van der Waals surface area contributed by atoms with E-state index in [1.165, 1.54) is 0 Å². The van der Waals surface area contributed by atoms with Gasteiger partial charge in [0.2, 0.25) is 5.91 Å². The Balaban J connectivity index is 1.45. The Morgan fingerprint density at radius 3 is 2.58 bits per heavy atom. The number of nitrogens with zero attached hydrogens (tertiary/aromatic N) is 2. The third kappa shape index (κ3) is 2.56. The highest BCUT2D eigenvalue weighted by Gasteiger charge is 2.38. The summed E-state index contributed by atoms with van der Waals surface area (Å²) in [7, 11) is 0. The molecule has 2 aromatic rings. The number of hydrogen-bond donors (Lipinski definition) is 1. The molecule has 5 nitrogen and oxygen atoms in total. The van der Waals surface area contributed by atoms with E-state index in [1.807, 2.05) is 35.2 Å². The maximum atomic E-state index is 12.5. The molecule has 3 heterocycles. The van der Waals surface area contributed by atoms with Gasteiger partial charge < -0.3 is 10.2 Å². The van der Waals surface area contributed by atoms with Crippen LogP contribution >= 0.6 is 0 Å². The summed E-state index contributed by atoms with van der Waals surface area (Å²) in [6, 6.07) is 13.3. The van der Waals surface area contributed by atoms with E-state index in [2.05, 4.69) is 10.3 Å². The third-order valence-corrected chi connectivity index (χ3v) is 5.02. The van der Waals surface area contributed by atoms with Gasteiger partial charge in [-0.2, -0.15) is 0 Å². The summed E-state index contributed by atoms with van der Waals surface area (Å²) in [6.45, 7) is 1.35. The first-order valence-corrected chi connectivity index (χ1v) is 8.34. The number of piperidine rings is 1. The quantitative estimate of drug-likeness (QED) is 0.925. The monoisotopic (exact) mass is 321 g/mol. The third-order valence-electron chi connectivity index (χ3n) is 5.02. The molecule has 4 rings (SSSR count). The molecular weight excluding hydrogens is 302 g/mol. The second-order valence-electron chi connectivity index (χ2n) is 6.40. The summed E-state index contributed by atoms with van der Waals surface area (Å²) in [6.07, 6.45) is 3.32. The maximum Gasteiger partial charge on any atom is 0.272 e. The van der Waals surface area contributed by atoms with E-state index >= 15 is 0 Å². The largest absolute Gasteiger partial charge is 0.337 e. The predicted octanol–water partition coefficient (Wildman–Crippen LogP) is 2.67. The highest BCUT2D eigenvalue weighted by atomic mass is 16.2. The van der Waals surface area contributed by atoms with Crippen molar-refractivity contribution in [2.24, 2.45) is 5.92 Å². The molecule has 1 unspecified atom stereocenters. The number of carbonyl (C=O) groups excluding carboxylic acids is 2. The van der Waals surface area contributed by atoms with Crippen molar-refractivity contribution in [2.45, 2.75) is 18.8 Å². The molecule has 2 aliphatic heterocycles. The van der Waals surface area contributed by atoms with Gasteiger partial charge in [-0.25, -0.2) is 0 Å². The summed E-state index contributed by atoms with van der Waals surface area (Å²) in [5.41, 5.74) is 2.51. The Bertz CT molecular complexity index is 767. The number of amides is 2. The van der Waals surface area contributed by atoms with Gasteiger partial charge in [0.25, 0.3) is 5.91 Å². The molecule has 0 aliphatic carbocycles. The Morgan fingerprint density at radius 1 is 1.08 bits per heavy atom. The van der Waals surface area contributed by atoms with E-state index in [9.17, 15) is 9.59 Å². The first-order valence-electron chi connectivity index (χ1n) is 8.34. The number of pyridine rings is 1. The number of benzene rings is 1. The van der Waals surface area contributed by atoms with Gasteiger partial charge in [0.15, 0.2) is 0 Å². The molecule has 1 fully saturated rings. The summed E-state index contributed by atoms with van der Waals surface area (Å²) < 4.78 is 0. The second-order valence-corrected chi connectivity index (χ2v) is 6.40. The molecule has 0 spiro atoms. The molecule has 0 radical (unpaired) electrons. The Kier molecular flexibility index (Phi) is 3.76. The van der Waals surface area contributed by atoms with Gasteiger partial charge in [-0.1, -0.05) is 24.3 Å². The van der Waals surface area contributed by atoms with Crippen LogP contribution in [0.5, 0.6) is 0 Å². The molecule has 5 heteroatoms. The zero-order chi connectivity index (χ0) is 16.5. The topological polar surface area (TPSA) is 62.3 Å². The molecule has 2 amide bonds. The van der Waals surface area contributed by atoms with Crippen LogP contribution < -0.4 is 5.32 Å². The van der Waals surface area contributed by atoms with Crippen molar-refractivity contribution in [3.8, 4) is 0 Å². The lowest BCUT2D eigenvalue weighted by Crippen LogP contribution is -2.40. The molecule has 122 valence electrons. The van der Waals surface area contributed by atoms with E-state index in [4.69, 9.17) is 0 Å². The number of fused-ring (bicyclic) bond motifs is 1. The number of hydrogen-bond acceptors (Lipinski definition) is 3. The van der Waals surface area contributed by atoms with Crippen LogP contribution in [0.1, 0.15) is 34.8 Å². The summed E-state index contributed by atoms with van der Waals surface area (Å²) >= 11 is 0. The average Bonchev–Trinajstić information content (AvgIpc) is 2.98. The average molecular weight is 321 g/mol. The normalized spacial score (nSPS) is 20.6. The fourth-order valence-electron chi connectivity index (χ4n) is 3.79. The van der Waals surface area contributed by atoms with Crippen LogP contribution in [-0.4, -0.2) is 34.8 Å². The van der Waals surface area contributed by atoms with Gasteiger partial charge in [-0.3, -0.25) is 14.6 Å². The van der Waals surface area contributed by atoms with E-state index in [1.54, 1.807) is 18.3 Å². The van der Waals surface area contributed by atoms with E-state index < -0.39 is 0 Å².